The normalized spacial score (nSPS) is 24.2. The lowest BCUT2D eigenvalue weighted by Crippen LogP contribution is -2.53. The van der Waals surface area contributed by atoms with Crippen LogP contribution in [0, 0.1) is 18.8 Å². The van der Waals surface area contributed by atoms with E-state index in [0.29, 0.717) is 28.0 Å². The van der Waals surface area contributed by atoms with Crippen molar-refractivity contribution >= 4 is 46.2 Å². The molecule has 5 rings (SSSR count). The summed E-state index contributed by atoms with van der Waals surface area (Å²) < 4.78 is 1.91. The number of benzene rings is 1. The molecule has 0 spiro atoms. The number of rotatable bonds is 7. The van der Waals surface area contributed by atoms with Crippen molar-refractivity contribution in [2.75, 3.05) is 24.5 Å². The summed E-state index contributed by atoms with van der Waals surface area (Å²) in [5.41, 5.74) is 3.30. The Bertz CT molecular complexity index is 1330. The smallest absolute Gasteiger partial charge is 0.303 e. The molecule has 10 heteroatoms. The number of piperidine rings is 1. The van der Waals surface area contributed by atoms with Gasteiger partial charge in [0.1, 0.15) is 11.3 Å². The molecule has 1 aromatic carbocycles. The Kier molecular flexibility index (Phi) is 7.85. The van der Waals surface area contributed by atoms with E-state index in [1.165, 1.54) is 0 Å². The minimum atomic E-state index is -0.705. The number of likely N-dealkylation sites (tertiary alicyclic amines) is 1. The van der Waals surface area contributed by atoms with Crippen LogP contribution < -0.4 is 4.90 Å². The predicted octanol–water partition coefficient (Wildman–Crippen LogP) is 5.84. The number of hydrogen-bond donors (Lipinski definition) is 1. The lowest BCUT2D eigenvalue weighted by Gasteiger charge is -2.44. The van der Waals surface area contributed by atoms with Crippen molar-refractivity contribution in [1.29, 1.82) is 0 Å². The SMILES string of the molecule is Cc1nn([C@H](C)c2ccc(Cl)cc2Cl)c2nc(N3CCC(N4CCC[C@H]4C(C)CC(=O)O)C(C)C3)cnc12. The molecular formula is C28H36Cl2N6O2. The van der Waals surface area contributed by atoms with Gasteiger partial charge in [-0.15, -0.1) is 0 Å². The third-order valence-corrected chi connectivity index (χ3v) is 9.01. The van der Waals surface area contributed by atoms with Crippen molar-refractivity contribution in [3.8, 4) is 0 Å². The van der Waals surface area contributed by atoms with Crippen molar-refractivity contribution in [1.82, 2.24) is 24.6 Å². The van der Waals surface area contributed by atoms with Crippen molar-refractivity contribution in [2.45, 2.75) is 71.5 Å². The van der Waals surface area contributed by atoms with Gasteiger partial charge in [0.15, 0.2) is 5.65 Å². The van der Waals surface area contributed by atoms with Gasteiger partial charge >= 0.3 is 5.97 Å². The van der Waals surface area contributed by atoms with E-state index in [4.69, 9.17) is 38.3 Å². The maximum Gasteiger partial charge on any atom is 0.303 e. The number of aromatic nitrogens is 4. The number of aliphatic carboxylic acids is 1. The van der Waals surface area contributed by atoms with E-state index in [0.717, 1.165) is 67.1 Å². The second-order valence-electron chi connectivity index (χ2n) is 11.1. The summed E-state index contributed by atoms with van der Waals surface area (Å²) in [7, 11) is 0. The number of carboxylic acids is 1. The molecule has 2 fully saturated rings. The lowest BCUT2D eigenvalue weighted by molar-refractivity contribution is -0.138. The Balaban J connectivity index is 1.36. The van der Waals surface area contributed by atoms with Gasteiger partial charge in [0.05, 0.1) is 17.9 Å². The maximum atomic E-state index is 11.3. The minimum absolute atomic E-state index is 0.134. The zero-order chi connectivity index (χ0) is 27.1. The van der Waals surface area contributed by atoms with Gasteiger partial charge in [0.2, 0.25) is 0 Å². The third-order valence-electron chi connectivity index (χ3n) is 8.44. The van der Waals surface area contributed by atoms with E-state index in [2.05, 4.69) is 30.6 Å². The van der Waals surface area contributed by atoms with Crippen LogP contribution in [0.5, 0.6) is 0 Å². The first-order valence-corrected chi connectivity index (χ1v) is 14.3. The maximum absolute atomic E-state index is 11.3. The topological polar surface area (TPSA) is 87.4 Å². The number of anilines is 1. The van der Waals surface area contributed by atoms with E-state index < -0.39 is 5.97 Å². The molecule has 2 aliphatic rings. The van der Waals surface area contributed by atoms with Gasteiger partial charge in [-0.1, -0.05) is 43.1 Å². The molecule has 0 radical (unpaired) electrons. The summed E-state index contributed by atoms with van der Waals surface area (Å²) >= 11 is 12.6. The van der Waals surface area contributed by atoms with Crippen LogP contribution in [0.4, 0.5) is 5.82 Å². The van der Waals surface area contributed by atoms with E-state index in [-0.39, 0.29) is 18.4 Å². The number of aryl methyl sites for hydroxylation is 1. The number of fused-ring (bicyclic) bond motifs is 1. The molecule has 4 heterocycles. The number of nitrogens with zero attached hydrogens (tertiary/aromatic N) is 6. The number of hydrogen-bond acceptors (Lipinski definition) is 6. The van der Waals surface area contributed by atoms with Crippen molar-refractivity contribution in [3.63, 3.8) is 0 Å². The monoisotopic (exact) mass is 558 g/mol. The summed E-state index contributed by atoms with van der Waals surface area (Å²) in [6.45, 7) is 11.2. The quantitative estimate of drug-likeness (QED) is 0.389. The molecule has 0 saturated carbocycles. The molecule has 8 nitrogen and oxygen atoms in total. The molecule has 0 bridgehead atoms. The van der Waals surface area contributed by atoms with Gasteiger partial charge in [-0.3, -0.25) is 9.69 Å². The molecule has 3 unspecified atom stereocenters. The molecular weight excluding hydrogens is 523 g/mol. The van der Waals surface area contributed by atoms with Crippen LogP contribution >= 0.6 is 23.2 Å². The van der Waals surface area contributed by atoms with E-state index >= 15 is 0 Å². The van der Waals surface area contributed by atoms with E-state index in [9.17, 15) is 9.90 Å². The highest BCUT2D eigenvalue weighted by molar-refractivity contribution is 6.35. The van der Waals surface area contributed by atoms with E-state index in [1.54, 1.807) is 6.07 Å². The van der Waals surface area contributed by atoms with Crippen molar-refractivity contribution in [3.05, 3.63) is 45.7 Å². The molecule has 3 aromatic rings. The molecule has 38 heavy (non-hydrogen) atoms. The first-order valence-electron chi connectivity index (χ1n) is 13.5. The van der Waals surface area contributed by atoms with Crippen molar-refractivity contribution in [2.24, 2.45) is 11.8 Å². The first-order chi connectivity index (χ1) is 18.1. The van der Waals surface area contributed by atoms with Crippen LogP contribution in [0.25, 0.3) is 11.2 Å². The zero-order valence-corrected chi connectivity index (χ0v) is 24.0. The molecule has 1 N–H and O–H groups in total. The molecule has 2 saturated heterocycles. The van der Waals surface area contributed by atoms with Crippen LogP contribution in [-0.2, 0) is 4.79 Å². The fraction of sp³-hybridized carbons (Fsp3) is 0.571. The number of carboxylic acid groups (broad SMARTS) is 1. The van der Waals surface area contributed by atoms with Gasteiger partial charge in [0, 0.05) is 41.6 Å². The Hall–Kier alpha value is -2.42. The Morgan fingerprint density at radius 3 is 2.71 bits per heavy atom. The van der Waals surface area contributed by atoms with Gasteiger partial charge in [0.25, 0.3) is 0 Å². The third kappa shape index (κ3) is 5.23. The zero-order valence-electron chi connectivity index (χ0n) is 22.4. The first kappa shape index (κ1) is 27.2. The molecule has 0 aliphatic carbocycles. The van der Waals surface area contributed by atoms with Crippen LogP contribution in [0.15, 0.2) is 24.4 Å². The second kappa shape index (κ2) is 11.0. The standard InChI is InChI=1S/C28H36Cl2N6O2/c1-16(12-26(37)38)23-6-5-10-35(23)24-9-11-34(15-17(24)2)25-14-31-27-18(3)33-36(28(27)32-25)19(4)21-8-7-20(29)13-22(21)30/h7-8,13-14,16-17,19,23-24H,5-6,9-12,15H2,1-4H3,(H,37,38)/t16?,17?,19-,23+,24?/m1/s1. The minimum Gasteiger partial charge on any atom is -0.481 e. The second-order valence-corrected chi connectivity index (χ2v) is 11.9. The van der Waals surface area contributed by atoms with Crippen LogP contribution in [-0.4, -0.2) is 67.4 Å². The largest absolute Gasteiger partial charge is 0.481 e. The highest BCUT2D eigenvalue weighted by Crippen LogP contribution is 2.35. The Labute approximate surface area is 233 Å². The summed E-state index contributed by atoms with van der Waals surface area (Å²) in [5.74, 6) is 0.740. The fourth-order valence-corrected chi connectivity index (χ4v) is 7.09. The van der Waals surface area contributed by atoms with Crippen molar-refractivity contribution < 1.29 is 9.90 Å². The van der Waals surface area contributed by atoms with Gasteiger partial charge in [-0.25, -0.2) is 14.6 Å². The van der Waals surface area contributed by atoms with Gasteiger partial charge in [-0.05, 0) is 69.2 Å². The van der Waals surface area contributed by atoms with Gasteiger partial charge < -0.3 is 10.0 Å². The Morgan fingerprint density at radius 2 is 2.00 bits per heavy atom. The predicted molar refractivity (Wildman–Crippen MR) is 151 cm³/mol. The van der Waals surface area contributed by atoms with Crippen LogP contribution in [0.1, 0.15) is 63.8 Å². The summed E-state index contributed by atoms with van der Waals surface area (Å²) in [4.78, 5) is 26.1. The van der Waals surface area contributed by atoms with E-state index in [1.807, 2.05) is 29.9 Å². The van der Waals surface area contributed by atoms with Gasteiger partial charge in [-0.2, -0.15) is 5.10 Å². The average molecular weight is 560 g/mol. The summed E-state index contributed by atoms with van der Waals surface area (Å²) in [5, 5.41) is 15.3. The lowest BCUT2D eigenvalue weighted by atomic mass is 9.89. The molecule has 5 atom stereocenters. The highest BCUT2D eigenvalue weighted by atomic mass is 35.5. The summed E-state index contributed by atoms with van der Waals surface area (Å²) in [6, 6.07) is 6.19. The summed E-state index contributed by atoms with van der Waals surface area (Å²) in [6.07, 6.45) is 5.34. The average Bonchev–Trinajstić information content (AvgIpc) is 3.48. The number of carbonyl (C=O) groups is 1. The highest BCUT2D eigenvalue weighted by Gasteiger charge is 2.39. The molecule has 204 valence electrons. The fourth-order valence-electron chi connectivity index (χ4n) is 6.52. The molecule has 2 aliphatic heterocycles. The number of halogens is 2. The molecule has 0 amide bonds. The van der Waals surface area contributed by atoms with Crippen LogP contribution in [0.3, 0.4) is 0 Å². The Morgan fingerprint density at radius 1 is 1.21 bits per heavy atom. The van der Waals surface area contributed by atoms with Crippen LogP contribution in [0.2, 0.25) is 10.0 Å². The molecule has 2 aromatic heterocycles.